The number of hydrogen-bond acceptors (Lipinski definition) is 4. The maximum atomic E-state index is 11.8. The molecule has 4 nitrogen and oxygen atoms in total. The number of nitrogens with zero attached hydrogens (tertiary/aromatic N) is 1. The van der Waals surface area contributed by atoms with Gasteiger partial charge in [0, 0.05) is 30.8 Å². The van der Waals surface area contributed by atoms with Crippen molar-refractivity contribution >= 4 is 11.6 Å². The van der Waals surface area contributed by atoms with Gasteiger partial charge in [-0.2, -0.15) is 0 Å². The van der Waals surface area contributed by atoms with Crippen LogP contribution in [0.2, 0.25) is 0 Å². The van der Waals surface area contributed by atoms with Gasteiger partial charge < -0.3 is 10.0 Å². The summed E-state index contributed by atoms with van der Waals surface area (Å²) in [5.41, 5.74) is 1.35. The lowest BCUT2D eigenvalue weighted by Gasteiger charge is -2.23. The standard InChI is InChI=1S/C11H15NO3/c1-7-8(2)11(15)9(6-10(7)14)12(3)4-5-13/h6,13H,4-5H2,1-3H3. The molecule has 0 saturated carbocycles. The molecule has 0 aromatic rings. The minimum Gasteiger partial charge on any atom is -0.395 e. The maximum absolute atomic E-state index is 11.8. The van der Waals surface area contributed by atoms with Crippen LogP contribution in [0.25, 0.3) is 0 Å². The molecule has 0 spiro atoms. The Hall–Kier alpha value is -1.42. The topological polar surface area (TPSA) is 57.6 Å². The molecule has 1 aliphatic carbocycles. The summed E-state index contributed by atoms with van der Waals surface area (Å²) in [7, 11) is 1.68. The Kier molecular flexibility index (Phi) is 3.42. The summed E-state index contributed by atoms with van der Waals surface area (Å²) in [5, 5.41) is 8.76. The van der Waals surface area contributed by atoms with Gasteiger partial charge >= 0.3 is 0 Å². The molecule has 0 aromatic heterocycles. The van der Waals surface area contributed by atoms with Gasteiger partial charge in [0.1, 0.15) is 0 Å². The summed E-state index contributed by atoms with van der Waals surface area (Å²) in [5.74, 6) is -0.269. The van der Waals surface area contributed by atoms with Crippen molar-refractivity contribution in [3.05, 3.63) is 22.9 Å². The molecule has 0 atom stereocenters. The van der Waals surface area contributed by atoms with Crippen molar-refractivity contribution < 1.29 is 14.7 Å². The van der Waals surface area contributed by atoms with E-state index in [4.69, 9.17) is 5.11 Å². The molecule has 15 heavy (non-hydrogen) atoms. The van der Waals surface area contributed by atoms with E-state index in [9.17, 15) is 9.59 Å². The average molecular weight is 209 g/mol. The molecule has 0 aliphatic heterocycles. The van der Waals surface area contributed by atoms with Gasteiger partial charge in [-0.3, -0.25) is 9.59 Å². The van der Waals surface area contributed by atoms with Gasteiger partial charge in [0.15, 0.2) is 5.78 Å². The smallest absolute Gasteiger partial charge is 0.205 e. The molecule has 4 heteroatoms. The fraction of sp³-hybridized carbons (Fsp3) is 0.455. The first kappa shape index (κ1) is 11.7. The van der Waals surface area contributed by atoms with Crippen molar-refractivity contribution in [2.75, 3.05) is 20.2 Å². The maximum Gasteiger partial charge on any atom is 0.205 e. The number of hydrogen-bond donors (Lipinski definition) is 1. The summed E-state index contributed by atoms with van der Waals surface area (Å²) in [6.07, 6.45) is 1.33. The molecule has 82 valence electrons. The minimum atomic E-state index is -0.136. The average Bonchev–Trinajstić information content (AvgIpc) is 2.20. The van der Waals surface area contributed by atoms with Gasteiger partial charge in [0.2, 0.25) is 5.78 Å². The minimum absolute atomic E-state index is 0.0446. The number of likely N-dealkylation sites (N-methyl/N-ethyl adjacent to an activating group) is 1. The van der Waals surface area contributed by atoms with Gasteiger partial charge in [-0.05, 0) is 13.8 Å². The van der Waals surface area contributed by atoms with Crippen LogP contribution in [0, 0.1) is 0 Å². The summed E-state index contributed by atoms with van der Waals surface area (Å²) >= 11 is 0. The number of ketones is 2. The van der Waals surface area contributed by atoms with E-state index in [1.807, 2.05) is 0 Å². The molecule has 1 rings (SSSR count). The van der Waals surface area contributed by atoms with Crippen molar-refractivity contribution in [2.45, 2.75) is 13.8 Å². The van der Waals surface area contributed by atoms with Crippen LogP contribution in [0.15, 0.2) is 22.9 Å². The van der Waals surface area contributed by atoms with Crippen LogP contribution in [-0.2, 0) is 9.59 Å². The highest BCUT2D eigenvalue weighted by Gasteiger charge is 2.24. The largest absolute Gasteiger partial charge is 0.395 e. The monoisotopic (exact) mass is 209 g/mol. The zero-order valence-corrected chi connectivity index (χ0v) is 9.20. The number of aliphatic hydroxyl groups is 1. The third-order valence-electron chi connectivity index (χ3n) is 2.62. The van der Waals surface area contributed by atoms with Crippen LogP contribution in [-0.4, -0.2) is 41.8 Å². The number of carbonyl (C=O) groups excluding carboxylic acids is 2. The molecule has 0 heterocycles. The van der Waals surface area contributed by atoms with Crippen LogP contribution in [0.3, 0.4) is 0 Å². The summed E-state index contributed by atoms with van der Waals surface area (Å²) in [6, 6.07) is 0. The predicted molar refractivity (Wildman–Crippen MR) is 56.2 cm³/mol. The van der Waals surface area contributed by atoms with Gasteiger partial charge in [-0.25, -0.2) is 0 Å². The van der Waals surface area contributed by atoms with E-state index in [-0.39, 0.29) is 18.2 Å². The third kappa shape index (κ3) is 2.15. The van der Waals surface area contributed by atoms with Crippen molar-refractivity contribution in [3.63, 3.8) is 0 Å². The zero-order chi connectivity index (χ0) is 11.6. The van der Waals surface area contributed by atoms with Crippen LogP contribution in [0.5, 0.6) is 0 Å². The second kappa shape index (κ2) is 4.40. The third-order valence-corrected chi connectivity index (χ3v) is 2.62. The fourth-order valence-electron chi connectivity index (χ4n) is 1.40. The Morgan fingerprint density at radius 3 is 2.40 bits per heavy atom. The van der Waals surface area contributed by atoms with Crippen molar-refractivity contribution in [3.8, 4) is 0 Å². The Bertz CT molecular complexity index is 366. The first-order chi connectivity index (χ1) is 6.99. The zero-order valence-electron chi connectivity index (χ0n) is 9.20. The van der Waals surface area contributed by atoms with Crippen LogP contribution >= 0.6 is 0 Å². The SMILES string of the molecule is CC1=C(C)C(=O)C(N(C)CCO)=CC1=O. The first-order valence-corrected chi connectivity index (χ1v) is 4.79. The van der Waals surface area contributed by atoms with Crippen molar-refractivity contribution in [2.24, 2.45) is 0 Å². The Labute approximate surface area is 88.9 Å². The van der Waals surface area contributed by atoms with E-state index >= 15 is 0 Å². The lowest BCUT2D eigenvalue weighted by atomic mass is 9.94. The summed E-state index contributed by atoms with van der Waals surface area (Å²) in [4.78, 5) is 24.9. The normalized spacial score (nSPS) is 16.9. The van der Waals surface area contributed by atoms with Crippen LogP contribution in [0.1, 0.15) is 13.8 Å². The van der Waals surface area contributed by atoms with E-state index in [2.05, 4.69) is 0 Å². The quantitative estimate of drug-likeness (QED) is 0.678. The molecular weight excluding hydrogens is 194 g/mol. The fourth-order valence-corrected chi connectivity index (χ4v) is 1.40. The van der Waals surface area contributed by atoms with Crippen molar-refractivity contribution in [1.82, 2.24) is 4.90 Å². The van der Waals surface area contributed by atoms with Crippen molar-refractivity contribution in [1.29, 1.82) is 0 Å². The summed E-state index contributed by atoms with van der Waals surface area (Å²) < 4.78 is 0. The number of allylic oxidation sites excluding steroid dienone is 3. The molecule has 0 saturated heterocycles. The highest BCUT2D eigenvalue weighted by molar-refractivity contribution is 6.21. The predicted octanol–water partition coefficient (Wildman–Crippen LogP) is 0.283. The van der Waals surface area contributed by atoms with E-state index in [0.29, 0.717) is 23.4 Å². The molecule has 1 N–H and O–H groups in total. The Morgan fingerprint density at radius 1 is 1.27 bits per heavy atom. The molecule has 0 bridgehead atoms. The second-order valence-corrected chi connectivity index (χ2v) is 3.62. The highest BCUT2D eigenvalue weighted by atomic mass is 16.3. The van der Waals surface area contributed by atoms with E-state index < -0.39 is 0 Å². The molecule has 0 fully saturated rings. The van der Waals surface area contributed by atoms with Gasteiger partial charge in [0.25, 0.3) is 0 Å². The van der Waals surface area contributed by atoms with Gasteiger partial charge in [-0.15, -0.1) is 0 Å². The number of aliphatic hydroxyl groups excluding tert-OH is 1. The highest BCUT2D eigenvalue weighted by Crippen LogP contribution is 2.19. The van der Waals surface area contributed by atoms with Gasteiger partial charge in [-0.1, -0.05) is 0 Å². The number of carbonyl (C=O) groups is 2. The lowest BCUT2D eigenvalue weighted by Crippen LogP contribution is -2.30. The van der Waals surface area contributed by atoms with Crippen LogP contribution in [0.4, 0.5) is 0 Å². The summed E-state index contributed by atoms with van der Waals surface area (Å²) in [6.45, 7) is 3.60. The van der Waals surface area contributed by atoms with E-state index in [1.165, 1.54) is 6.08 Å². The number of Topliss-reactive ketones (excluding diaryl/α,β-unsaturated/α-hetero) is 1. The molecule has 0 radical (unpaired) electrons. The molecule has 0 amide bonds. The Morgan fingerprint density at radius 2 is 1.87 bits per heavy atom. The molecule has 1 aliphatic rings. The second-order valence-electron chi connectivity index (χ2n) is 3.62. The lowest BCUT2D eigenvalue weighted by molar-refractivity contribution is -0.116. The molecule has 0 aromatic carbocycles. The van der Waals surface area contributed by atoms with Gasteiger partial charge in [0.05, 0.1) is 12.3 Å². The van der Waals surface area contributed by atoms with Crippen LogP contribution < -0.4 is 0 Å². The molecule has 0 unspecified atom stereocenters. The first-order valence-electron chi connectivity index (χ1n) is 4.79. The number of rotatable bonds is 3. The van der Waals surface area contributed by atoms with E-state index in [1.54, 1.807) is 25.8 Å². The Balaban J connectivity index is 2.99. The van der Waals surface area contributed by atoms with E-state index in [0.717, 1.165) is 0 Å². The molecular formula is C11H15NO3.